The summed E-state index contributed by atoms with van der Waals surface area (Å²) < 4.78 is 31.7. The van der Waals surface area contributed by atoms with Gasteiger partial charge in [0.05, 0.1) is 16.5 Å². The van der Waals surface area contributed by atoms with Crippen LogP contribution < -0.4 is 4.72 Å². The Kier molecular flexibility index (Phi) is 3.27. The topological polar surface area (TPSA) is 96.0 Å². The van der Waals surface area contributed by atoms with Crippen molar-refractivity contribution in [1.82, 2.24) is 5.16 Å². The number of hydrogen-bond donors (Lipinski definition) is 1. The standard InChI is InChI=1S/C12H11N3O3S/c1-8-12(9(2)18-14-8)15-19(16,17)11-5-3-4-10(6-11)7-13/h3-6,15H,1-2H3. The molecule has 0 saturated carbocycles. The second-order valence-electron chi connectivity index (χ2n) is 3.94. The van der Waals surface area contributed by atoms with Crippen LogP contribution in [-0.2, 0) is 10.0 Å². The van der Waals surface area contributed by atoms with Crippen LogP contribution in [0.4, 0.5) is 5.69 Å². The molecule has 0 atom stereocenters. The number of nitriles is 1. The second kappa shape index (κ2) is 4.74. The predicted octanol–water partition coefficient (Wildman–Crippen LogP) is 1.96. The van der Waals surface area contributed by atoms with E-state index in [4.69, 9.17) is 9.78 Å². The summed E-state index contributed by atoms with van der Waals surface area (Å²) in [7, 11) is -3.76. The average Bonchev–Trinajstić information content (AvgIpc) is 2.70. The van der Waals surface area contributed by atoms with Gasteiger partial charge in [0, 0.05) is 0 Å². The minimum Gasteiger partial charge on any atom is -0.359 e. The SMILES string of the molecule is Cc1noc(C)c1NS(=O)(=O)c1cccc(C#N)c1. The van der Waals surface area contributed by atoms with Crippen LogP contribution in [0.2, 0.25) is 0 Å². The third kappa shape index (κ3) is 2.58. The number of aryl methyl sites for hydroxylation is 2. The molecule has 2 aromatic rings. The molecular formula is C12H11N3O3S. The Hall–Kier alpha value is -2.33. The van der Waals surface area contributed by atoms with Crippen molar-refractivity contribution in [3.8, 4) is 6.07 Å². The highest BCUT2D eigenvalue weighted by atomic mass is 32.2. The minimum atomic E-state index is -3.76. The van der Waals surface area contributed by atoms with Gasteiger partial charge in [-0.3, -0.25) is 4.72 Å². The van der Waals surface area contributed by atoms with E-state index in [0.29, 0.717) is 17.1 Å². The molecule has 1 aromatic carbocycles. The Bertz CT molecular complexity index is 737. The summed E-state index contributed by atoms with van der Waals surface area (Å²) >= 11 is 0. The van der Waals surface area contributed by atoms with Gasteiger partial charge in [0.2, 0.25) is 0 Å². The van der Waals surface area contributed by atoms with Gasteiger partial charge in [0.1, 0.15) is 11.4 Å². The molecule has 0 unspecified atom stereocenters. The Morgan fingerprint density at radius 3 is 2.68 bits per heavy atom. The number of sulfonamides is 1. The fourth-order valence-corrected chi connectivity index (χ4v) is 2.77. The zero-order valence-corrected chi connectivity index (χ0v) is 11.2. The van der Waals surface area contributed by atoms with Crippen molar-refractivity contribution in [2.45, 2.75) is 18.7 Å². The first kappa shape index (κ1) is 13.1. The summed E-state index contributed by atoms with van der Waals surface area (Å²) in [5.74, 6) is 0.387. The molecule has 2 rings (SSSR count). The largest absolute Gasteiger partial charge is 0.359 e. The Morgan fingerprint density at radius 1 is 1.37 bits per heavy atom. The molecule has 0 saturated heterocycles. The fourth-order valence-electron chi connectivity index (χ4n) is 1.55. The number of benzene rings is 1. The van der Waals surface area contributed by atoms with Crippen LogP contribution in [0.15, 0.2) is 33.7 Å². The van der Waals surface area contributed by atoms with Gasteiger partial charge in [-0.05, 0) is 32.0 Å². The second-order valence-corrected chi connectivity index (χ2v) is 5.63. The molecule has 0 radical (unpaired) electrons. The molecular weight excluding hydrogens is 266 g/mol. The lowest BCUT2D eigenvalue weighted by Gasteiger charge is -2.07. The highest BCUT2D eigenvalue weighted by molar-refractivity contribution is 7.92. The molecule has 1 N–H and O–H groups in total. The van der Waals surface area contributed by atoms with Crippen molar-refractivity contribution in [2.24, 2.45) is 0 Å². The summed E-state index contributed by atoms with van der Waals surface area (Å²) in [5, 5.41) is 12.5. The first-order chi connectivity index (χ1) is 8.94. The molecule has 0 aliphatic carbocycles. The van der Waals surface area contributed by atoms with Gasteiger partial charge >= 0.3 is 0 Å². The van der Waals surface area contributed by atoms with Gasteiger partial charge in [-0.2, -0.15) is 5.26 Å². The van der Waals surface area contributed by atoms with E-state index in [1.807, 2.05) is 6.07 Å². The Balaban J connectivity index is 2.41. The quantitative estimate of drug-likeness (QED) is 0.925. The zero-order valence-electron chi connectivity index (χ0n) is 10.3. The van der Waals surface area contributed by atoms with Crippen molar-refractivity contribution in [3.63, 3.8) is 0 Å². The van der Waals surface area contributed by atoms with E-state index in [1.165, 1.54) is 24.3 Å². The van der Waals surface area contributed by atoms with Crippen molar-refractivity contribution >= 4 is 15.7 Å². The number of aromatic nitrogens is 1. The van der Waals surface area contributed by atoms with Crippen molar-refractivity contribution in [3.05, 3.63) is 41.3 Å². The van der Waals surface area contributed by atoms with Crippen LogP contribution in [0, 0.1) is 25.2 Å². The van der Waals surface area contributed by atoms with Gasteiger partial charge in [-0.25, -0.2) is 8.42 Å². The van der Waals surface area contributed by atoms with E-state index in [-0.39, 0.29) is 10.5 Å². The van der Waals surface area contributed by atoms with E-state index < -0.39 is 10.0 Å². The third-order valence-corrected chi connectivity index (χ3v) is 3.89. The zero-order chi connectivity index (χ0) is 14.0. The molecule has 1 heterocycles. The maximum Gasteiger partial charge on any atom is 0.262 e. The molecule has 1 aromatic heterocycles. The lowest BCUT2D eigenvalue weighted by atomic mass is 10.2. The molecule has 0 aliphatic rings. The predicted molar refractivity (Wildman–Crippen MR) is 67.9 cm³/mol. The maximum atomic E-state index is 12.2. The molecule has 0 fully saturated rings. The van der Waals surface area contributed by atoms with Gasteiger partial charge < -0.3 is 4.52 Å². The van der Waals surface area contributed by atoms with E-state index in [2.05, 4.69) is 9.88 Å². The molecule has 98 valence electrons. The van der Waals surface area contributed by atoms with Crippen molar-refractivity contribution in [1.29, 1.82) is 5.26 Å². The molecule has 19 heavy (non-hydrogen) atoms. The monoisotopic (exact) mass is 277 g/mol. The summed E-state index contributed by atoms with van der Waals surface area (Å²) in [4.78, 5) is 0.0200. The van der Waals surface area contributed by atoms with Crippen molar-refractivity contribution < 1.29 is 12.9 Å². The van der Waals surface area contributed by atoms with Crippen LogP contribution >= 0.6 is 0 Å². The van der Waals surface area contributed by atoms with E-state index in [9.17, 15) is 8.42 Å². The Morgan fingerprint density at radius 2 is 2.11 bits per heavy atom. The molecule has 6 nitrogen and oxygen atoms in total. The average molecular weight is 277 g/mol. The van der Waals surface area contributed by atoms with Crippen LogP contribution in [0.1, 0.15) is 17.0 Å². The number of hydrogen-bond acceptors (Lipinski definition) is 5. The van der Waals surface area contributed by atoms with Crippen molar-refractivity contribution in [2.75, 3.05) is 4.72 Å². The number of rotatable bonds is 3. The summed E-state index contributed by atoms with van der Waals surface area (Å²) in [6.07, 6.45) is 0. The van der Waals surface area contributed by atoms with Gasteiger partial charge in [-0.15, -0.1) is 0 Å². The maximum absolute atomic E-state index is 12.2. The van der Waals surface area contributed by atoms with Crippen LogP contribution in [-0.4, -0.2) is 13.6 Å². The first-order valence-corrected chi connectivity index (χ1v) is 6.88. The third-order valence-electron chi connectivity index (χ3n) is 2.54. The van der Waals surface area contributed by atoms with Gasteiger partial charge in [0.15, 0.2) is 5.76 Å². The number of nitrogens with one attached hydrogen (secondary N) is 1. The lowest BCUT2D eigenvalue weighted by molar-refractivity contribution is 0.393. The number of anilines is 1. The van der Waals surface area contributed by atoms with Gasteiger partial charge in [-0.1, -0.05) is 11.2 Å². The summed E-state index contributed by atoms with van der Waals surface area (Å²) in [6, 6.07) is 7.67. The molecule has 0 aliphatic heterocycles. The lowest BCUT2D eigenvalue weighted by Crippen LogP contribution is -2.14. The van der Waals surface area contributed by atoms with E-state index in [1.54, 1.807) is 13.8 Å². The molecule has 0 bridgehead atoms. The number of nitrogens with zero attached hydrogens (tertiary/aromatic N) is 2. The van der Waals surface area contributed by atoms with E-state index >= 15 is 0 Å². The van der Waals surface area contributed by atoms with Gasteiger partial charge in [0.25, 0.3) is 10.0 Å². The molecule has 0 spiro atoms. The Labute approximate surface area is 110 Å². The molecule has 7 heteroatoms. The first-order valence-electron chi connectivity index (χ1n) is 5.40. The normalized spacial score (nSPS) is 11.0. The summed E-state index contributed by atoms with van der Waals surface area (Å²) in [5.41, 5.74) is 1.06. The van der Waals surface area contributed by atoms with Crippen LogP contribution in [0.25, 0.3) is 0 Å². The minimum absolute atomic E-state index is 0.0200. The fraction of sp³-hybridized carbons (Fsp3) is 0.167. The highest BCUT2D eigenvalue weighted by Crippen LogP contribution is 2.23. The van der Waals surface area contributed by atoms with Crippen LogP contribution in [0.3, 0.4) is 0 Å². The van der Waals surface area contributed by atoms with E-state index in [0.717, 1.165) is 0 Å². The van der Waals surface area contributed by atoms with Crippen LogP contribution in [0.5, 0.6) is 0 Å². The smallest absolute Gasteiger partial charge is 0.262 e. The highest BCUT2D eigenvalue weighted by Gasteiger charge is 2.19. The molecule has 0 amide bonds. The summed E-state index contributed by atoms with van der Waals surface area (Å²) in [6.45, 7) is 3.25.